The highest BCUT2D eigenvalue weighted by molar-refractivity contribution is 6.34. The number of hydrogen-bond donors (Lipinski definition) is 0. The second kappa shape index (κ2) is 3.54. The molecule has 0 bridgehead atoms. The summed E-state index contributed by atoms with van der Waals surface area (Å²) in [6.45, 7) is 1.78. The van der Waals surface area contributed by atoms with Crippen LogP contribution in [0.3, 0.4) is 0 Å². The van der Waals surface area contributed by atoms with Crippen LogP contribution in [0.5, 0.6) is 0 Å². The first-order chi connectivity index (χ1) is 5.66. The Kier molecular flexibility index (Phi) is 2.65. The lowest BCUT2D eigenvalue weighted by molar-refractivity contribution is 0.0600. The van der Waals surface area contributed by atoms with E-state index in [2.05, 4.69) is 9.72 Å². The van der Waals surface area contributed by atoms with Crippen molar-refractivity contribution in [3.8, 4) is 0 Å². The minimum atomic E-state index is -0.462. The summed E-state index contributed by atoms with van der Waals surface area (Å²) < 4.78 is 4.51. The Balaban J connectivity index is 3.16. The fourth-order valence-corrected chi connectivity index (χ4v) is 0.976. The number of carbonyl (C=O) groups excluding carboxylic acids is 1. The first-order valence-electron chi connectivity index (χ1n) is 3.35. The van der Waals surface area contributed by atoms with Gasteiger partial charge in [-0.05, 0) is 12.5 Å². The standard InChI is InChI=1S/C8H8ClNO2/c1-5-3-10-4-6(7(5)9)8(11)12-2/h3-4H,1-2H3. The van der Waals surface area contributed by atoms with E-state index in [1.54, 1.807) is 13.1 Å². The molecule has 0 spiro atoms. The van der Waals surface area contributed by atoms with Crippen LogP contribution in [-0.4, -0.2) is 18.1 Å². The normalized spacial score (nSPS) is 9.58. The van der Waals surface area contributed by atoms with Crippen LogP contribution < -0.4 is 0 Å². The van der Waals surface area contributed by atoms with Gasteiger partial charge in [0.25, 0.3) is 0 Å². The van der Waals surface area contributed by atoms with Crippen LogP contribution in [0.2, 0.25) is 5.02 Å². The lowest BCUT2D eigenvalue weighted by Gasteiger charge is -2.02. The molecule has 0 saturated carbocycles. The van der Waals surface area contributed by atoms with Crippen LogP contribution >= 0.6 is 11.6 Å². The Labute approximate surface area is 75.3 Å². The number of pyridine rings is 1. The molecule has 1 rings (SSSR count). The predicted molar refractivity (Wildman–Crippen MR) is 45.3 cm³/mol. The van der Waals surface area contributed by atoms with Crippen LogP contribution in [-0.2, 0) is 4.74 Å². The molecule has 4 heteroatoms. The number of carbonyl (C=O) groups is 1. The second-order valence-corrected chi connectivity index (χ2v) is 2.69. The van der Waals surface area contributed by atoms with E-state index in [-0.39, 0.29) is 0 Å². The molecule has 1 aromatic heterocycles. The summed E-state index contributed by atoms with van der Waals surface area (Å²) in [6, 6.07) is 0. The van der Waals surface area contributed by atoms with E-state index in [4.69, 9.17) is 11.6 Å². The molecular formula is C8H8ClNO2. The minimum Gasteiger partial charge on any atom is -0.465 e. The maximum atomic E-state index is 11.0. The molecule has 1 heterocycles. The van der Waals surface area contributed by atoms with Gasteiger partial charge >= 0.3 is 5.97 Å². The molecule has 1 aromatic rings. The number of rotatable bonds is 1. The average Bonchev–Trinajstić information content (AvgIpc) is 2.08. The Morgan fingerprint density at radius 3 is 2.83 bits per heavy atom. The summed E-state index contributed by atoms with van der Waals surface area (Å²) in [5.41, 5.74) is 1.07. The van der Waals surface area contributed by atoms with E-state index in [1.165, 1.54) is 13.3 Å². The van der Waals surface area contributed by atoms with Gasteiger partial charge < -0.3 is 4.74 Å². The Hall–Kier alpha value is -1.09. The van der Waals surface area contributed by atoms with Gasteiger partial charge in [-0.25, -0.2) is 4.79 Å². The van der Waals surface area contributed by atoms with Gasteiger partial charge in [-0.2, -0.15) is 0 Å². The van der Waals surface area contributed by atoms with Crippen molar-refractivity contribution in [1.82, 2.24) is 4.98 Å². The lowest BCUT2D eigenvalue weighted by Crippen LogP contribution is -2.03. The number of esters is 1. The number of aromatic nitrogens is 1. The summed E-state index contributed by atoms with van der Waals surface area (Å²) in [5, 5.41) is 0.400. The number of halogens is 1. The van der Waals surface area contributed by atoms with Gasteiger partial charge in [-0.1, -0.05) is 11.6 Å². The van der Waals surface area contributed by atoms with Crippen LogP contribution in [0.15, 0.2) is 12.4 Å². The molecular weight excluding hydrogens is 178 g/mol. The van der Waals surface area contributed by atoms with Crippen molar-refractivity contribution in [3.63, 3.8) is 0 Å². The van der Waals surface area contributed by atoms with Crippen molar-refractivity contribution in [2.24, 2.45) is 0 Å². The van der Waals surface area contributed by atoms with E-state index in [0.29, 0.717) is 10.6 Å². The molecule has 64 valence electrons. The third-order valence-corrected chi connectivity index (χ3v) is 1.96. The number of ether oxygens (including phenoxy) is 1. The quantitative estimate of drug-likeness (QED) is 0.627. The molecule has 0 saturated heterocycles. The maximum Gasteiger partial charge on any atom is 0.340 e. The van der Waals surface area contributed by atoms with Gasteiger partial charge in [0.2, 0.25) is 0 Å². The third kappa shape index (κ3) is 1.56. The highest BCUT2D eigenvalue weighted by Crippen LogP contribution is 2.19. The molecule has 0 aliphatic rings. The van der Waals surface area contributed by atoms with Crippen molar-refractivity contribution in [2.75, 3.05) is 7.11 Å². The number of methoxy groups -OCH3 is 1. The molecule has 0 unspecified atom stereocenters. The van der Waals surface area contributed by atoms with Gasteiger partial charge in [-0.3, -0.25) is 4.98 Å². The smallest absolute Gasteiger partial charge is 0.340 e. The minimum absolute atomic E-state index is 0.305. The largest absolute Gasteiger partial charge is 0.465 e. The van der Waals surface area contributed by atoms with E-state index in [0.717, 1.165) is 5.56 Å². The highest BCUT2D eigenvalue weighted by atomic mass is 35.5. The number of aryl methyl sites for hydroxylation is 1. The van der Waals surface area contributed by atoms with E-state index in [9.17, 15) is 4.79 Å². The molecule has 0 aromatic carbocycles. The van der Waals surface area contributed by atoms with Gasteiger partial charge in [0.05, 0.1) is 17.7 Å². The molecule has 0 aliphatic heterocycles. The van der Waals surface area contributed by atoms with E-state index < -0.39 is 5.97 Å². The third-order valence-electron chi connectivity index (χ3n) is 1.46. The summed E-state index contributed by atoms with van der Waals surface area (Å²) in [4.78, 5) is 14.9. The molecule has 3 nitrogen and oxygen atoms in total. The van der Waals surface area contributed by atoms with E-state index in [1.807, 2.05) is 0 Å². The topological polar surface area (TPSA) is 39.2 Å². The molecule has 0 N–H and O–H groups in total. The Morgan fingerprint density at radius 1 is 1.58 bits per heavy atom. The van der Waals surface area contributed by atoms with Crippen molar-refractivity contribution in [1.29, 1.82) is 0 Å². The summed E-state index contributed by atoms with van der Waals surface area (Å²) in [5.74, 6) is -0.462. The molecule has 0 radical (unpaired) electrons. The fraction of sp³-hybridized carbons (Fsp3) is 0.250. The highest BCUT2D eigenvalue weighted by Gasteiger charge is 2.11. The SMILES string of the molecule is COC(=O)c1cncc(C)c1Cl. The monoisotopic (exact) mass is 185 g/mol. The Bertz CT molecular complexity index is 312. The maximum absolute atomic E-state index is 11.0. The first-order valence-corrected chi connectivity index (χ1v) is 3.73. The van der Waals surface area contributed by atoms with Crippen molar-refractivity contribution >= 4 is 17.6 Å². The van der Waals surface area contributed by atoms with Gasteiger partial charge in [-0.15, -0.1) is 0 Å². The second-order valence-electron chi connectivity index (χ2n) is 2.31. The Morgan fingerprint density at radius 2 is 2.25 bits per heavy atom. The predicted octanol–water partition coefficient (Wildman–Crippen LogP) is 1.83. The van der Waals surface area contributed by atoms with Crippen LogP contribution in [0.1, 0.15) is 15.9 Å². The molecule has 0 amide bonds. The first kappa shape index (κ1) is 9.00. The van der Waals surface area contributed by atoms with Crippen molar-refractivity contribution in [2.45, 2.75) is 6.92 Å². The summed E-state index contributed by atoms with van der Waals surface area (Å²) in [6.07, 6.45) is 2.98. The summed E-state index contributed by atoms with van der Waals surface area (Å²) >= 11 is 5.83. The summed E-state index contributed by atoms with van der Waals surface area (Å²) in [7, 11) is 1.31. The molecule has 0 aliphatic carbocycles. The van der Waals surface area contributed by atoms with E-state index >= 15 is 0 Å². The average molecular weight is 186 g/mol. The van der Waals surface area contributed by atoms with Gasteiger partial charge in [0.1, 0.15) is 0 Å². The molecule has 12 heavy (non-hydrogen) atoms. The van der Waals surface area contributed by atoms with Crippen molar-refractivity contribution in [3.05, 3.63) is 28.5 Å². The number of nitrogens with zero attached hydrogens (tertiary/aromatic N) is 1. The molecule has 0 fully saturated rings. The van der Waals surface area contributed by atoms with Crippen LogP contribution in [0.25, 0.3) is 0 Å². The van der Waals surface area contributed by atoms with Crippen LogP contribution in [0.4, 0.5) is 0 Å². The van der Waals surface area contributed by atoms with Gasteiger partial charge in [0, 0.05) is 12.4 Å². The zero-order valence-corrected chi connectivity index (χ0v) is 7.55. The van der Waals surface area contributed by atoms with Crippen molar-refractivity contribution < 1.29 is 9.53 Å². The van der Waals surface area contributed by atoms with Gasteiger partial charge in [0.15, 0.2) is 0 Å². The zero-order valence-electron chi connectivity index (χ0n) is 6.80. The number of hydrogen-bond acceptors (Lipinski definition) is 3. The fourth-order valence-electron chi connectivity index (χ4n) is 0.802. The van der Waals surface area contributed by atoms with Crippen LogP contribution in [0, 0.1) is 6.92 Å². The molecule has 0 atom stereocenters. The zero-order chi connectivity index (χ0) is 9.14. The lowest BCUT2D eigenvalue weighted by atomic mass is 10.2.